The topological polar surface area (TPSA) is 102 Å². The highest BCUT2D eigenvalue weighted by Gasteiger charge is 2.47. The Bertz CT molecular complexity index is 777. The van der Waals surface area contributed by atoms with Crippen molar-refractivity contribution in [1.29, 1.82) is 0 Å². The van der Waals surface area contributed by atoms with Gasteiger partial charge in [0.1, 0.15) is 5.60 Å². The fourth-order valence-corrected chi connectivity index (χ4v) is 5.66. The minimum Gasteiger partial charge on any atom is -0.370 e. The third-order valence-corrected chi connectivity index (χ3v) is 7.66. The van der Waals surface area contributed by atoms with Crippen molar-refractivity contribution in [1.82, 2.24) is 28.6 Å². The Kier molecular flexibility index (Phi) is 4.97. The predicted octanol–water partition coefficient (Wildman–Crippen LogP) is -1.18. The summed E-state index contributed by atoms with van der Waals surface area (Å²) in [4.78, 5) is 16.4. The average Bonchev–Trinajstić information content (AvgIpc) is 3.32. The van der Waals surface area contributed by atoms with Crippen molar-refractivity contribution in [2.24, 2.45) is 0 Å². The van der Waals surface area contributed by atoms with Gasteiger partial charge < -0.3 is 14.5 Å². The second-order valence-corrected chi connectivity index (χ2v) is 9.47. The number of hydrogen-bond donors (Lipinski definition) is 1. The van der Waals surface area contributed by atoms with Gasteiger partial charge in [0.25, 0.3) is 16.1 Å². The number of carbonyl (C=O) groups is 1. The van der Waals surface area contributed by atoms with Gasteiger partial charge in [0.2, 0.25) is 0 Å². The number of likely N-dealkylation sites (tertiary alicyclic amines) is 1. The highest BCUT2D eigenvalue weighted by molar-refractivity contribution is 7.86. The van der Waals surface area contributed by atoms with Crippen molar-refractivity contribution in [3.63, 3.8) is 0 Å². The number of morpholine rings is 1. The number of likely N-dealkylation sites (N-methyl/N-ethyl adjacent to an activating group) is 1. The SMILES string of the molecule is CN1CCN(S(=O)(=O)N2CCOC3(CCN(C(=O)c4cn[nH]c4)C3)C2)CC1. The molecular formula is C16H26N6O4S. The van der Waals surface area contributed by atoms with Crippen LogP contribution < -0.4 is 0 Å². The lowest BCUT2D eigenvalue weighted by molar-refractivity contribution is -0.0808. The summed E-state index contributed by atoms with van der Waals surface area (Å²) in [6.45, 7) is 4.42. The molecule has 0 aliphatic carbocycles. The molecule has 27 heavy (non-hydrogen) atoms. The van der Waals surface area contributed by atoms with E-state index < -0.39 is 15.8 Å². The van der Waals surface area contributed by atoms with Gasteiger partial charge in [0.15, 0.2) is 0 Å². The predicted molar refractivity (Wildman–Crippen MR) is 97.4 cm³/mol. The largest absolute Gasteiger partial charge is 0.370 e. The van der Waals surface area contributed by atoms with Gasteiger partial charge >= 0.3 is 0 Å². The molecule has 3 aliphatic rings. The highest BCUT2D eigenvalue weighted by atomic mass is 32.2. The Labute approximate surface area is 159 Å². The van der Waals surface area contributed by atoms with Gasteiger partial charge in [-0.15, -0.1) is 0 Å². The van der Waals surface area contributed by atoms with Crippen LogP contribution in [0.2, 0.25) is 0 Å². The monoisotopic (exact) mass is 398 g/mol. The van der Waals surface area contributed by atoms with Crippen LogP contribution in [0.1, 0.15) is 16.8 Å². The Balaban J connectivity index is 1.44. The molecule has 150 valence electrons. The molecule has 1 spiro atoms. The molecule has 4 rings (SSSR count). The third kappa shape index (κ3) is 3.61. The number of nitrogens with one attached hydrogen (secondary N) is 1. The zero-order chi connectivity index (χ0) is 19.1. The summed E-state index contributed by atoms with van der Waals surface area (Å²) < 4.78 is 35.3. The normalized spacial score (nSPS) is 28.9. The quantitative estimate of drug-likeness (QED) is 0.688. The molecule has 0 radical (unpaired) electrons. The second-order valence-electron chi connectivity index (χ2n) is 7.54. The Hall–Kier alpha value is -1.53. The number of nitrogens with zero attached hydrogens (tertiary/aromatic N) is 5. The van der Waals surface area contributed by atoms with Crippen LogP contribution in [0.15, 0.2) is 12.4 Å². The van der Waals surface area contributed by atoms with Crippen molar-refractivity contribution < 1.29 is 17.9 Å². The van der Waals surface area contributed by atoms with E-state index in [0.29, 0.717) is 51.3 Å². The molecule has 3 aliphatic heterocycles. The molecule has 3 saturated heterocycles. The number of ether oxygens (including phenoxy) is 1. The van der Waals surface area contributed by atoms with Crippen molar-refractivity contribution in [3.8, 4) is 0 Å². The van der Waals surface area contributed by atoms with Crippen LogP contribution in [0.5, 0.6) is 0 Å². The molecule has 1 aromatic heterocycles. The number of aromatic amines is 1. The summed E-state index contributed by atoms with van der Waals surface area (Å²) in [5.41, 5.74) is -0.123. The summed E-state index contributed by atoms with van der Waals surface area (Å²) in [7, 11) is -1.51. The summed E-state index contributed by atoms with van der Waals surface area (Å²) >= 11 is 0. The Morgan fingerprint density at radius 1 is 1.15 bits per heavy atom. The van der Waals surface area contributed by atoms with Crippen molar-refractivity contribution >= 4 is 16.1 Å². The van der Waals surface area contributed by atoms with Gasteiger partial charge in [0.05, 0.1) is 24.9 Å². The van der Waals surface area contributed by atoms with Crippen LogP contribution in [0.4, 0.5) is 0 Å². The average molecular weight is 398 g/mol. The van der Waals surface area contributed by atoms with Gasteiger partial charge in [-0.1, -0.05) is 0 Å². The van der Waals surface area contributed by atoms with Gasteiger partial charge in [-0.3, -0.25) is 9.89 Å². The number of rotatable bonds is 3. The minimum atomic E-state index is -3.51. The Morgan fingerprint density at radius 2 is 1.93 bits per heavy atom. The standard InChI is InChI=1S/C16H26N6O4S/c1-19-4-6-21(7-5-19)27(24,25)22-8-9-26-16(13-22)2-3-20(12-16)15(23)14-10-17-18-11-14/h10-11H,2-9,12-13H2,1H3,(H,17,18). The van der Waals surface area contributed by atoms with Gasteiger partial charge in [-0.25, -0.2) is 0 Å². The third-order valence-electron chi connectivity index (χ3n) is 5.68. The molecular weight excluding hydrogens is 372 g/mol. The first kappa shape index (κ1) is 18.8. The van der Waals surface area contributed by atoms with Crippen LogP contribution >= 0.6 is 0 Å². The van der Waals surface area contributed by atoms with Crippen LogP contribution in [-0.4, -0.2) is 115 Å². The maximum absolute atomic E-state index is 13.1. The molecule has 3 fully saturated rings. The number of H-pyrrole nitrogens is 1. The molecule has 1 unspecified atom stereocenters. The van der Waals surface area contributed by atoms with E-state index in [1.165, 1.54) is 10.5 Å². The van der Waals surface area contributed by atoms with Crippen LogP contribution in [0.25, 0.3) is 0 Å². The van der Waals surface area contributed by atoms with E-state index in [2.05, 4.69) is 15.1 Å². The molecule has 1 amide bonds. The fourth-order valence-electron chi connectivity index (χ4n) is 4.00. The second kappa shape index (κ2) is 7.13. The number of amides is 1. The molecule has 1 N–H and O–H groups in total. The minimum absolute atomic E-state index is 0.108. The van der Waals surface area contributed by atoms with E-state index in [9.17, 15) is 13.2 Å². The van der Waals surface area contributed by atoms with Gasteiger partial charge in [-0.05, 0) is 13.5 Å². The highest BCUT2D eigenvalue weighted by Crippen LogP contribution is 2.31. The number of piperazine rings is 1. The molecule has 1 atom stereocenters. The van der Waals surface area contributed by atoms with E-state index in [-0.39, 0.29) is 12.5 Å². The van der Waals surface area contributed by atoms with Gasteiger partial charge in [0, 0.05) is 52.0 Å². The van der Waals surface area contributed by atoms with E-state index >= 15 is 0 Å². The lowest BCUT2D eigenvalue weighted by atomic mass is 10.0. The van der Waals surface area contributed by atoms with Crippen molar-refractivity contribution in [2.75, 3.05) is 66.0 Å². The first-order valence-electron chi connectivity index (χ1n) is 9.25. The van der Waals surface area contributed by atoms with E-state index in [0.717, 1.165) is 13.1 Å². The zero-order valence-corrected chi connectivity index (χ0v) is 16.3. The molecule has 10 nitrogen and oxygen atoms in total. The number of hydrogen-bond acceptors (Lipinski definition) is 6. The summed E-state index contributed by atoms with van der Waals surface area (Å²) in [5, 5.41) is 6.47. The molecule has 0 bridgehead atoms. The van der Waals surface area contributed by atoms with Crippen molar-refractivity contribution in [2.45, 2.75) is 12.0 Å². The zero-order valence-electron chi connectivity index (χ0n) is 15.5. The molecule has 1 aromatic rings. The van der Waals surface area contributed by atoms with Crippen LogP contribution in [-0.2, 0) is 14.9 Å². The Morgan fingerprint density at radius 3 is 2.63 bits per heavy atom. The summed E-state index contributed by atoms with van der Waals surface area (Å²) in [5.74, 6) is -0.108. The van der Waals surface area contributed by atoms with Crippen molar-refractivity contribution in [3.05, 3.63) is 18.0 Å². The first-order valence-corrected chi connectivity index (χ1v) is 10.7. The fraction of sp³-hybridized carbons (Fsp3) is 0.750. The van der Waals surface area contributed by atoms with Crippen LogP contribution in [0.3, 0.4) is 0 Å². The maximum Gasteiger partial charge on any atom is 0.282 e. The lowest BCUT2D eigenvalue weighted by Crippen LogP contribution is -2.59. The molecule has 0 saturated carbocycles. The molecule has 0 aromatic carbocycles. The lowest BCUT2D eigenvalue weighted by Gasteiger charge is -2.42. The van der Waals surface area contributed by atoms with Gasteiger partial charge in [-0.2, -0.15) is 22.1 Å². The maximum atomic E-state index is 13.1. The number of carbonyl (C=O) groups excluding carboxylic acids is 1. The summed E-state index contributed by atoms with van der Waals surface area (Å²) in [6.07, 6.45) is 3.70. The van der Waals surface area contributed by atoms with E-state index in [4.69, 9.17) is 4.74 Å². The summed E-state index contributed by atoms with van der Waals surface area (Å²) in [6, 6.07) is 0. The van der Waals surface area contributed by atoms with E-state index in [1.54, 1.807) is 15.4 Å². The number of aromatic nitrogens is 2. The van der Waals surface area contributed by atoms with E-state index in [1.807, 2.05) is 7.05 Å². The molecule has 4 heterocycles. The first-order chi connectivity index (χ1) is 12.9. The smallest absolute Gasteiger partial charge is 0.282 e. The molecule has 11 heteroatoms. The van der Waals surface area contributed by atoms with Crippen LogP contribution in [0, 0.1) is 0 Å².